The minimum absolute atomic E-state index is 0.0506. The number of aliphatic hydroxyl groups is 1. The summed E-state index contributed by atoms with van der Waals surface area (Å²) in [6, 6.07) is 9.75. The molecule has 17 heavy (non-hydrogen) atoms. The van der Waals surface area contributed by atoms with Gasteiger partial charge in [0.15, 0.2) is 0 Å². The standard InChI is InChI=1S/C14H21NO2/c15-14(11-16,12-5-2-1-3-6-12)9-10-17-13-7-4-8-13/h1-3,5-6,13,16H,4,7-11,15H2. The molecule has 1 fully saturated rings. The van der Waals surface area contributed by atoms with Gasteiger partial charge in [-0.25, -0.2) is 0 Å². The molecule has 0 amide bonds. The van der Waals surface area contributed by atoms with Gasteiger partial charge in [0.1, 0.15) is 0 Å². The maximum Gasteiger partial charge on any atom is 0.0666 e. The van der Waals surface area contributed by atoms with Crippen molar-refractivity contribution in [1.29, 1.82) is 0 Å². The van der Waals surface area contributed by atoms with E-state index in [0.29, 0.717) is 19.1 Å². The van der Waals surface area contributed by atoms with Crippen LogP contribution in [0.5, 0.6) is 0 Å². The molecule has 1 saturated carbocycles. The van der Waals surface area contributed by atoms with Crippen LogP contribution in [0.1, 0.15) is 31.2 Å². The number of hydrogen-bond acceptors (Lipinski definition) is 3. The van der Waals surface area contributed by atoms with Crippen LogP contribution in [0, 0.1) is 0 Å². The summed E-state index contributed by atoms with van der Waals surface area (Å²) < 4.78 is 5.71. The maximum atomic E-state index is 9.49. The van der Waals surface area contributed by atoms with Crippen LogP contribution in [-0.2, 0) is 10.3 Å². The second kappa shape index (κ2) is 5.63. The highest BCUT2D eigenvalue weighted by Crippen LogP contribution is 2.25. The Morgan fingerprint density at radius 3 is 2.53 bits per heavy atom. The summed E-state index contributed by atoms with van der Waals surface area (Å²) in [5.41, 5.74) is 6.53. The predicted octanol–water partition coefficient (Wildman–Crippen LogP) is 1.79. The van der Waals surface area contributed by atoms with Gasteiger partial charge in [-0.05, 0) is 31.2 Å². The maximum absolute atomic E-state index is 9.49. The van der Waals surface area contributed by atoms with Crippen LogP contribution in [0.3, 0.4) is 0 Å². The summed E-state index contributed by atoms with van der Waals surface area (Å²) in [6.45, 7) is 0.571. The molecule has 3 nitrogen and oxygen atoms in total. The number of rotatable bonds is 6. The Morgan fingerprint density at radius 2 is 2.00 bits per heavy atom. The summed E-state index contributed by atoms with van der Waals surface area (Å²) >= 11 is 0. The van der Waals surface area contributed by atoms with Crippen molar-refractivity contribution in [2.75, 3.05) is 13.2 Å². The van der Waals surface area contributed by atoms with Gasteiger partial charge < -0.3 is 15.6 Å². The van der Waals surface area contributed by atoms with E-state index in [9.17, 15) is 5.11 Å². The van der Waals surface area contributed by atoms with Crippen molar-refractivity contribution in [2.45, 2.75) is 37.3 Å². The zero-order chi connectivity index (χ0) is 12.1. The molecule has 1 atom stereocenters. The fraction of sp³-hybridized carbons (Fsp3) is 0.571. The van der Waals surface area contributed by atoms with Crippen LogP contribution < -0.4 is 5.73 Å². The van der Waals surface area contributed by atoms with Gasteiger partial charge in [0.05, 0.1) is 18.2 Å². The highest BCUT2D eigenvalue weighted by atomic mass is 16.5. The smallest absolute Gasteiger partial charge is 0.0666 e. The Hall–Kier alpha value is -0.900. The lowest BCUT2D eigenvalue weighted by Gasteiger charge is -2.31. The Bertz CT molecular complexity index is 337. The lowest BCUT2D eigenvalue weighted by Crippen LogP contribution is -2.42. The third-order valence-electron chi connectivity index (χ3n) is 3.58. The first-order valence-electron chi connectivity index (χ1n) is 6.31. The summed E-state index contributed by atoms with van der Waals surface area (Å²) in [7, 11) is 0. The second-order valence-electron chi connectivity index (χ2n) is 4.85. The van der Waals surface area contributed by atoms with Crippen LogP contribution in [-0.4, -0.2) is 24.4 Å². The lowest BCUT2D eigenvalue weighted by atomic mass is 9.88. The summed E-state index contributed by atoms with van der Waals surface area (Å²) in [6.07, 6.45) is 4.69. The zero-order valence-electron chi connectivity index (χ0n) is 10.1. The van der Waals surface area contributed by atoms with E-state index >= 15 is 0 Å². The third kappa shape index (κ3) is 3.06. The molecule has 1 aromatic rings. The normalized spacial score (nSPS) is 19.6. The molecule has 0 aliphatic heterocycles. The number of nitrogens with two attached hydrogens (primary N) is 1. The van der Waals surface area contributed by atoms with Crippen LogP contribution in [0.2, 0.25) is 0 Å². The van der Waals surface area contributed by atoms with Gasteiger partial charge in [0, 0.05) is 6.61 Å². The molecule has 0 spiro atoms. The van der Waals surface area contributed by atoms with Gasteiger partial charge in [-0.1, -0.05) is 30.3 Å². The largest absolute Gasteiger partial charge is 0.394 e. The first kappa shape index (κ1) is 12.6. The summed E-state index contributed by atoms with van der Waals surface area (Å²) in [5.74, 6) is 0. The van der Waals surface area contributed by atoms with Gasteiger partial charge in [-0.3, -0.25) is 0 Å². The molecule has 1 unspecified atom stereocenters. The minimum Gasteiger partial charge on any atom is -0.394 e. The van der Waals surface area contributed by atoms with Crippen LogP contribution >= 0.6 is 0 Å². The molecule has 2 rings (SSSR count). The predicted molar refractivity (Wildman–Crippen MR) is 67.6 cm³/mol. The van der Waals surface area contributed by atoms with Crippen molar-refractivity contribution in [3.8, 4) is 0 Å². The monoisotopic (exact) mass is 235 g/mol. The SMILES string of the molecule is NC(CO)(CCOC1CCC1)c1ccccc1. The molecule has 0 aromatic heterocycles. The molecule has 1 aliphatic carbocycles. The van der Waals surface area contributed by atoms with E-state index in [1.807, 2.05) is 30.3 Å². The molecule has 0 saturated heterocycles. The van der Waals surface area contributed by atoms with Crippen molar-refractivity contribution in [3.05, 3.63) is 35.9 Å². The van der Waals surface area contributed by atoms with Gasteiger partial charge in [-0.2, -0.15) is 0 Å². The van der Waals surface area contributed by atoms with E-state index in [1.165, 1.54) is 19.3 Å². The number of aliphatic hydroxyl groups excluding tert-OH is 1. The van der Waals surface area contributed by atoms with E-state index < -0.39 is 5.54 Å². The van der Waals surface area contributed by atoms with Crippen molar-refractivity contribution in [3.63, 3.8) is 0 Å². The highest BCUT2D eigenvalue weighted by Gasteiger charge is 2.27. The number of ether oxygens (including phenoxy) is 1. The van der Waals surface area contributed by atoms with Gasteiger partial charge in [-0.15, -0.1) is 0 Å². The van der Waals surface area contributed by atoms with Gasteiger partial charge in [0.25, 0.3) is 0 Å². The van der Waals surface area contributed by atoms with Crippen LogP contribution in [0.25, 0.3) is 0 Å². The van der Waals surface area contributed by atoms with E-state index in [4.69, 9.17) is 10.5 Å². The van der Waals surface area contributed by atoms with E-state index in [-0.39, 0.29) is 6.61 Å². The first-order chi connectivity index (χ1) is 8.24. The second-order valence-corrected chi connectivity index (χ2v) is 4.85. The lowest BCUT2D eigenvalue weighted by molar-refractivity contribution is -0.00973. The summed E-state index contributed by atoms with van der Waals surface area (Å²) in [5, 5.41) is 9.49. The third-order valence-corrected chi connectivity index (χ3v) is 3.58. The minimum atomic E-state index is -0.676. The molecular formula is C14H21NO2. The fourth-order valence-corrected chi connectivity index (χ4v) is 2.03. The quantitative estimate of drug-likeness (QED) is 0.790. The average molecular weight is 235 g/mol. The van der Waals surface area contributed by atoms with E-state index in [0.717, 1.165) is 5.56 Å². The number of hydrogen-bond donors (Lipinski definition) is 2. The number of benzene rings is 1. The Kier molecular flexibility index (Phi) is 4.15. The highest BCUT2D eigenvalue weighted by molar-refractivity contribution is 5.23. The van der Waals surface area contributed by atoms with Crippen LogP contribution in [0.4, 0.5) is 0 Å². The molecule has 1 aliphatic rings. The molecule has 0 bridgehead atoms. The molecule has 94 valence electrons. The molecule has 1 aromatic carbocycles. The van der Waals surface area contributed by atoms with Crippen molar-refractivity contribution in [2.24, 2.45) is 5.73 Å². The van der Waals surface area contributed by atoms with Crippen LogP contribution in [0.15, 0.2) is 30.3 Å². The van der Waals surface area contributed by atoms with Crippen molar-refractivity contribution < 1.29 is 9.84 Å². The molecule has 0 radical (unpaired) electrons. The topological polar surface area (TPSA) is 55.5 Å². The van der Waals surface area contributed by atoms with Crippen molar-refractivity contribution >= 4 is 0 Å². The Morgan fingerprint density at radius 1 is 1.29 bits per heavy atom. The van der Waals surface area contributed by atoms with Crippen molar-refractivity contribution in [1.82, 2.24) is 0 Å². The molecule has 3 N–H and O–H groups in total. The van der Waals surface area contributed by atoms with Gasteiger partial charge in [0.2, 0.25) is 0 Å². The Balaban J connectivity index is 1.89. The Labute approximate surface area is 103 Å². The fourth-order valence-electron chi connectivity index (χ4n) is 2.03. The van der Waals surface area contributed by atoms with Gasteiger partial charge >= 0.3 is 0 Å². The summed E-state index contributed by atoms with van der Waals surface area (Å²) in [4.78, 5) is 0. The average Bonchev–Trinajstić information content (AvgIpc) is 2.33. The van der Waals surface area contributed by atoms with E-state index in [1.54, 1.807) is 0 Å². The first-order valence-corrected chi connectivity index (χ1v) is 6.31. The molecule has 0 heterocycles. The molecule has 3 heteroatoms. The molecular weight excluding hydrogens is 214 g/mol. The van der Waals surface area contributed by atoms with E-state index in [2.05, 4.69) is 0 Å². The zero-order valence-corrected chi connectivity index (χ0v) is 10.1.